The first kappa shape index (κ1) is 7.41. The molecule has 12 heavy (non-hydrogen) atoms. The van der Waals surface area contributed by atoms with Gasteiger partial charge < -0.3 is 4.42 Å². The van der Waals surface area contributed by atoms with Crippen LogP contribution in [0.5, 0.6) is 0 Å². The first-order chi connectivity index (χ1) is 5.77. The van der Waals surface area contributed by atoms with Gasteiger partial charge in [0.2, 0.25) is 0 Å². The van der Waals surface area contributed by atoms with Crippen molar-refractivity contribution < 1.29 is 4.42 Å². The van der Waals surface area contributed by atoms with Crippen molar-refractivity contribution in [1.82, 2.24) is 0 Å². The average Bonchev–Trinajstić information content (AvgIpc) is 2.61. The molecule has 2 rings (SSSR count). The van der Waals surface area contributed by atoms with E-state index in [1.54, 1.807) is 6.26 Å². The van der Waals surface area contributed by atoms with Gasteiger partial charge in [0.05, 0.1) is 6.26 Å². The van der Waals surface area contributed by atoms with Crippen LogP contribution in [0.2, 0.25) is 0 Å². The zero-order valence-corrected chi connectivity index (χ0v) is 7.29. The highest BCUT2D eigenvalue weighted by molar-refractivity contribution is 5.78. The number of hydrogen-bond donors (Lipinski definition) is 0. The lowest BCUT2D eigenvalue weighted by Crippen LogP contribution is -1.77. The molecule has 1 radical (unpaired) electrons. The van der Waals surface area contributed by atoms with Crippen LogP contribution in [0, 0.1) is 6.42 Å². The van der Waals surface area contributed by atoms with Gasteiger partial charge in [-0.2, -0.15) is 0 Å². The summed E-state index contributed by atoms with van der Waals surface area (Å²) < 4.78 is 5.29. The van der Waals surface area contributed by atoms with Crippen molar-refractivity contribution in [2.75, 3.05) is 0 Å². The van der Waals surface area contributed by atoms with E-state index >= 15 is 0 Å². The van der Waals surface area contributed by atoms with Crippen LogP contribution in [-0.2, 0) is 0 Å². The number of rotatable bonds is 1. The molecule has 0 unspecified atom stereocenters. The normalized spacial score (nSPS) is 17.0. The highest BCUT2D eigenvalue weighted by Crippen LogP contribution is 2.30. The summed E-state index contributed by atoms with van der Waals surface area (Å²) in [7, 11) is 0. The molecule has 1 aromatic heterocycles. The van der Waals surface area contributed by atoms with Gasteiger partial charge in [-0.3, -0.25) is 0 Å². The highest BCUT2D eigenvalue weighted by atomic mass is 16.3. The van der Waals surface area contributed by atoms with Crippen molar-refractivity contribution in [1.29, 1.82) is 0 Å². The molecule has 1 aliphatic rings. The standard InChI is InChI=1S/C11H11O/c1-8-6-10(7-9(8)2)11-4-3-5-12-11/h3-7H,1-2H3. The van der Waals surface area contributed by atoms with E-state index in [9.17, 15) is 0 Å². The molecule has 0 saturated heterocycles. The minimum absolute atomic E-state index is 0.950. The Morgan fingerprint density at radius 2 is 2.00 bits per heavy atom. The Hall–Kier alpha value is -1.24. The van der Waals surface area contributed by atoms with Crippen LogP contribution >= 0.6 is 0 Å². The second-order valence-electron chi connectivity index (χ2n) is 3.09. The molecule has 1 aliphatic carbocycles. The van der Waals surface area contributed by atoms with Crippen LogP contribution < -0.4 is 0 Å². The number of furan rings is 1. The van der Waals surface area contributed by atoms with Gasteiger partial charge in [-0.25, -0.2) is 0 Å². The fraction of sp³-hybridized carbons (Fsp3) is 0.182. The summed E-state index contributed by atoms with van der Waals surface area (Å²) in [6.07, 6.45) is 6.00. The van der Waals surface area contributed by atoms with Crippen molar-refractivity contribution in [3.63, 3.8) is 0 Å². The summed E-state index contributed by atoms with van der Waals surface area (Å²) in [4.78, 5) is 0. The maximum absolute atomic E-state index is 5.29. The molecule has 1 aromatic rings. The van der Waals surface area contributed by atoms with Crippen molar-refractivity contribution in [3.8, 4) is 0 Å². The Bertz CT molecular complexity index is 339. The summed E-state index contributed by atoms with van der Waals surface area (Å²) in [5.41, 5.74) is 3.82. The van der Waals surface area contributed by atoms with Gasteiger partial charge >= 0.3 is 0 Å². The lowest BCUT2D eigenvalue weighted by Gasteiger charge is -1.95. The Kier molecular flexibility index (Phi) is 1.65. The smallest absolute Gasteiger partial charge is 0.130 e. The van der Waals surface area contributed by atoms with Gasteiger partial charge in [0.25, 0.3) is 0 Å². The summed E-state index contributed by atoms with van der Waals surface area (Å²) in [5, 5.41) is 0. The fourth-order valence-electron chi connectivity index (χ4n) is 1.32. The second-order valence-corrected chi connectivity index (χ2v) is 3.09. The van der Waals surface area contributed by atoms with Crippen molar-refractivity contribution in [3.05, 3.63) is 47.8 Å². The van der Waals surface area contributed by atoms with E-state index in [1.165, 1.54) is 16.7 Å². The molecule has 61 valence electrons. The third-order valence-corrected chi connectivity index (χ3v) is 2.17. The van der Waals surface area contributed by atoms with E-state index in [0.717, 1.165) is 5.76 Å². The zero-order valence-electron chi connectivity index (χ0n) is 7.29. The average molecular weight is 159 g/mol. The molecular formula is C11H11O. The zero-order chi connectivity index (χ0) is 8.55. The second kappa shape index (κ2) is 2.67. The molecule has 0 N–H and O–H groups in total. The van der Waals surface area contributed by atoms with Crippen LogP contribution in [0.3, 0.4) is 0 Å². The van der Waals surface area contributed by atoms with Crippen LogP contribution in [0.1, 0.15) is 19.6 Å². The van der Waals surface area contributed by atoms with E-state index < -0.39 is 0 Å². The monoisotopic (exact) mass is 159 g/mol. The van der Waals surface area contributed by atoms with Crippen molar-refractivity contribution >= 4 is 5.57 Å². The van der Waals surface area contributed by atoms with E-state index in [0.29, 0.717) is 0 Å². The molecule has 0 fully saturated rings. The predicted molar refractivity (Wildman–Crippen MR) is 49.4 cm³/mol. The van der Waals surface area contributed by atoms with Crippen LogP contribution in [0.4, 0.5) is 0 Å². The van der Waals surface area contributed by atoms with Crippen molar-refractivity contribution in [2.45, 2.75) is 13.8 Å². The lowest BCUT2D eigenvalue weighted by molar-refractivity contribution is 0.553. The minimum Gasteiger partial charge on any atom is -0.465 e. The predicted octanol–water partition coefficient (Wildman–Crippen LogP) is 3.22. The summed E-state index contributed by atoms with van der Waals surface area (Å²) in [6.45, 7) is 4.23. The molecule has 1 heterocycles. The maximum atomic E-state index is 5.29. The largest absolute Gasteiger partial charge is 0.465 e. The molecular weight excluding hydrogens is 148 g/mol. The molecule has 0 amide bonds. The number of hydrogen-bond acceptors (Lipinski definition) is 1. The lowest BCUT2D eigenvalue weighted by atomic mass is 10.1. The van der Waals surface area contributed by atoms with E-state index in [-0.39, 0.29) is 0 Å². The summed E-state index contributed by atoms with van der Waals surface area (Å²) in [6, 6.07) is 3.89. The Morgan fingerprint density at radius 1 is 1.17 bits per heavy atom. The molecule has 0 bridgehead atoms. The van der Waals surface area contributed by atoms with Crippen LogP contribution in [0.25, 0.3) is 5.57 Å². The van der Waals surface area contributed by atoms with Gasteiger partial charge in [-0.1, -0.05) is 17.2 Å². The van der Waals surface area contributed by atoms with Gasteiger partial charge in [0, 0.05) is 12.0 Å². The third kappa shape index (κ3) is 1.11. The quantitative estimate of drug-likeness (QED) is 0.613. The Balaban J connectivity index is 2.28. The SMILES string of the molecule is CC1=C(C)C=C(c2ccco2)[CH]1. The maximum Gasteiger partial charge on any atom is 0.130 e. The molecule has 0 spiro atoms. The van der Waals surface area contributed by atoms with Gasteiger partial charge in [-0.15, -0.1) is 0 Å². The Morgan fingerprint density at radius 3 is 2.50 bits per heavy atom. The first-order valence-corrected chi connectivity index (χ1v) is 4.05. The minimum atomic E-state index is 0.950. The van der Waals surface area contributed by atoms with Crippen molar-refractivity contribution in [2.24, 2.45) is 0 Å². The number of allylic oxidation sites excluding steroid dienone is 4. The van der Waals surface area contributed by atoms with Crippen LogP contribution in [0.15, 0.2) is 40.0 Å². The van der Waals surface area contributed by atoms with Gasteiger partial charge in [-0.05, 0) is 26.0 Å². The molecule has 0 aliphatic heterocycles. The molecule has 0 aromatic carbocycles. The molecule has 1 nitrogen and oxygen atoms in total. The molecule has 1 heteroatoms. The van der Waals surface area contributed by atoms with E-state index in [1.807, 2.05) is 12.1 Å². The summed E-state index contributed by atoms with van der Waals surface area (Å²) in [5.74, 6) is 0.950. The van der Waals surface area contributed by atoms with Gasteiger partial charge in [0.1, 0.15) is 5.76 Å². The highest BCUT2D eigenvalue weighted by Gasteiger charge is 2.12. The first-order valence-electron chi connectivity index (χ1n) is 4.05. The third-order valence-electron chi connectivity index (χ3n) is 2.17. The topological polar surface area (TPSA) is 13.1 Å². The van der Waals surface area contributed by atoms with E-state index in [2.05, 4.69) is 26.3 Å². The summed E-state index contributed by atoms with van der Waals surface area (Å²) >= 11 is 0. The van der Waals surface area contributed by atoms with Gasteiger partial charge in [0.15, 0.2) is 0 Å². The molecule has 0 atom stereocenters. The van der Waals surface area contributed by atoms with E-state index in [4.69, 9.17) is 4.42 Å². The fourth-order valence-corrected chi connectivity index (χ4v) is 1.32. The van der Waals surface area contributed by atoms with Crippen LogP contribution in [-0.4, -0.2) is 0 Å². The molecule has 0 saturated carbocycles. The Labute approximate surface area is 72.4 Å².